The van der Waals surface area contributed by atoms with Gasteiger partial charge in [-0.3, -0.25) is 4.90 Å². The van der Waals surface area contributed by atoms with Gasteiger partial charge in [-0.15, -0.1) is 0 Å². The molecule has 0 amide bonds. The van der Waals surface area contributed by atoms with Crippen molar-refractivity contribution < 1.29 is 21.6 Å². The van der Waals surface area contributed by atoms with Gasteiger partial charge in [-0.05, 0) is 36.4 Å². The van der Waals surface area contributed by atoms with Crippen LogP contribution in [0.2, 0.25) is 0 Å². The highest BCUT2D eigenvalue weighted by molar-refractivity contribution is 7.89. The smallest absolute Gasteiger partial charge is 0.341 e. The summed E-state index contributed by atoms with van der Waals surface area (Å²) in [5, 5.41) is 0. The summed E-state index contributed by atoms with van der Waals surface area (Å²) >= 11 is 0. The second-order valence-corrected chi connectivity index (χ2v) is 8.84. The molecule has 2 heterocycles. The summed E-state index contributed by atoms with van der Waals surface area (Å²) in [7, 11) is -3.83. The average molecular weight is 424 g/mol. The molecule has 154 valence electrons. The number of fused-ring (bicyclic) bond motifs is 1. The highest BCUT2D eigenvalue weighted by Gasteiger charge is 2.32. The van der Waals surface area contributed by atoms with Gasteiger partial charge in [0.2, 0.25) is 10.0 Å². The largest absolute Gasteiger partial charge is 0.416 e. The third-order valence-corrected chi connectivity index (χ3v) is 6.88. The van der Waals surface area contributed by atoms with Crippen molar-refractivity contribution in [3.8, 4) is 0 Å². The molecule has 4 rings (SSSR count). The Morgan fingerprint density at radius 1 is 0.966 bits per heavy atom. The minimum Gasteiger partial charge on any atom is -0.341 e. The summed E-state index contributed by atoms with van der Waals surface area (Å²) in [5.74, 6) is 0.810. The Kier molecular flexibility index (Phi) is 5.09. The van der Waals surface area contributed by atoms with E-state index in [1.807, 2.05) is 24.3 Å². The van der Waals surface area contributed by atoms with Crippen LogP contribution in [0.25, 0.3) is 11.0 Å². The van der Waals surface area contributed by atoms with Crippen LogP contribution in [0.4, 0.5) is 13.2 Å². The van der Waals surface area contributed by atoms with E-state index in [0.717, 1.165) is 41.1 Å². The number of benzene rings is 2. The lowest BCUT2D eigenvalue weighted by atomic mass is 10.2. The van der Waals surface area contributed by atoms with Gasteiger partial charge in [-0.1, -0.05) is 12.1 Å². The molecule has 0 saturated carbocycles. The Morgan fingerprint density at radius 3 is 2.24 bits per heavy atom. The third kappa shape index (κ3) is 4.14. The summed E-state index contributed by atoms with van der Waals surface area (Å²) in [6.45, 7) is 2.13. The first-order chi connectivity index (χ1) is 13.7. The van der Waals surface area contributed by atoms with Crippen LogP contribution >= 0.6 is 0 Å². The van der Waals surface area contributed by atoms with Gasteiger partial charge in [0, 0.05) is 26.2 Å². The number of hydrogen-bond acceptors (Lipinski definition) is 4. The number of rotatable bonds is 4. The molecular formula is C19H19F3N4O2S. The van der Waals surface area contributed by atoms with Crippen molar-refractivity contribution in [1.29, 1.82) is 0 Å². The quantitative estimate of drug-likeness (QED) is 0.699. The zero-order valence-electron chi connectivity index (χ0n) is 15.4. The molecule has 1 aliphatic rings. The van der Waals surface area contributed by atoms with Crippen LogP contribution in [0.1, 0.15) is 11.4 Å². The lowest BCUT2D eigenvalue weighted by Gasteiger charge is -2.33. The number of alkyl halides is 3. The number of nitrogens with one attached hydrogen (secondary N) is 1. The minimum absolute atomic E-state index is 0.128. The Labute approximate surface area is 166 Å². The fourth-order valence-electron chi connectivity index (χ4n) is 3.39. The number of nitrogens with zero attached hydrogens (tertiary/aromatic N) is 3. The molecule has 29 heavy (non-hydrogen) atoms. The normalized spacial score (nSPS) is 17.1. The van der Waals surface area contributed by atoms with Crippen LogP contribution in [-0.2, 0) is 22.7 Å². The van der Waals surface area contributed by atoms with Gasteiger partial charge in [-0.2, -0.15) is 17.5 Å². The molecule has 2 aromatic carbocycles. The van der Waals surface area contributed by atoms with E-state index >= 15 is 0 Å². The molecule has 0 atom stereocenters. The summed E-state index contributed by atoms with van der Waals surface area (Å²) in [6, 6.07) is 11.3. The van der Waals surface area contributed by atoms with E-state index in [-0.39, 0.29) is 18.0 Å². The molecule has 6 nitrogen and oxygen atoms in total. The number of sulfonamides is 1. The number of aromatic nitrogens is 2. The summed E-state index contributed by atoms with van der Waals surface area (Å²) in [5.41, 5.74) is 0.962. The Bertz CT molecular complexity index is 1070. The van der Waals surface area contributed by atoms with Crippen LogP contribution in [0.3, 0.4) is 0 Å². The minimum atomic E-state index is -4.50. The lowest BCUT2D eigenvalue weighted by molar-refractivity contribution is -0.137. The van der Waals surface area contributed by atoms with Crippen molar-refractivity contribution in [3.05, 3.63) is 59.9 Å². The van der Waals surface area contributed by atoms with Gasteiger partial charge in [-0.25, -0.2) is 13.4 Å². The number of aromatic amines is 1. The summed E-state index contributed by atoms with van der Waals surface area (Å²) in [6.07, 6.45) is -4.50. The van der Waals surface area contributed by atoms with Crippen molar-refractivity contribution in [2.24, 2.45) is 0 Å². The average Bonchev–Trinajstić information content (AvgIpc) is 3.10. The molecule has 1 saturated heterocycles. The van der Waals surface area contributed by atoms with E-state index in [4.69, 9.17) is 0 Å². The maximum Gasteiger partial charge on any atom is 0.416 e. The lowest BCUT2D eigenvalue weighted by Crippen LogP contribution is -2.48. The fourth-order valence-corrected chi connectivity index (χ4v) is 4.81. The van der Waals surface area contributed by atoms with E-state index in [1.165, 1.54) is 4.31 Å². The van der Waals surface area contributed by atoms with E-state index in [0.29, 0.717) is 19.6 Å². The second-order valence-electron chi connectivity index (χ2n) is 6.90. The first kappa shape index (κ1) is 19.9. The predicted octanol–water partition coefficient (Wildman–Crippen LogP) is 3.09. The zero-order valence-corrected chi connectivity index (χ0v) is 16.2. The molecule has 0 spiro atoms. The Morgan fingerprint density at radius 2 is 1.62 bits per heavy atom. The SMILES string of the molecule is O=S(=O)(c1ccc(C(F)(F)F)cc1)N1CCN(Cc2nc3ccccc3[nH]2)CC1. The summed E-state index contributed by atoms with van der Waals surface area (Å²) < 4.78 is 64.8. The van der Waals surface area contributed by atoms with Crippen LogP contribution in [0.15, 0.2) is 53.4 Å². The second kappa shape index (κ2) is 7.43. The van der Waals surface area contributed by atoms with Crippen LogP contribution in [-0.4, -0.2) is 53.8 Å². The van der Waals surface area contributed by atoms with E-state index in [2.05, 4.69) is 14.9 Å². The first-order valence-electron chi connectivity index (χ1n) is 9.07. The topological polar surface area (TPSA) is 69.3 Å². The summed E-state index contributed by atoms with van der Waals surface area (Å²) in [4.78, 5) is 9.75. The number of imidazole rings is 1. The van der Waals surface area contributed by atoms with Crippen molar-refractivity contribution in [2.45, 2.75) is 17.6 Å². The molecule has 1 aromatic heterocycles. The molecule has 10 heteroatoms. The van der Waals surface area contributed by atoms with Crippen molar-refractivity contribution in [2.75, 3.05) is 26.2 Å². The number of piperazine rings is 1. The first-order valence-corrected chi connectivity index (χ1v) is 10.5. The van der Waals surface area contributed by atoms with Crippen molar-refractivity contribution in [3.63, 3.8) is 0 Å². The highest BCUT2D eigenvalue weighted by atomic mass is 32.2. The predicted molar refractivity (Wildman–Crippen MR) is 102 cm³/mol. The molecule has 1 N–H and O–H groups in total. The third-order valence-electron chi connectivity index (χ3n) is 4.96. The Hall–Kier alpha value is -2.43. The number of hydrogen-bond donors (Lipinski definition) is 1. The molecule has 0 aliphatic carbocycles. The maximum absolute atomic E-state index is 12.7. The van der Waals surface area contributed by atoms with Crippen molar-refractivity contribution in [1.82, 2.24) is 19.2 Å². The molecule has 1 aliphatic heterocycles. The van der Waals surface area contributed by atoms with Crippen LogP contribution in [0.5, 0.6) is 0 Å². The fraction of sp³-hybridized carbons (Fsp3) is 0.316. The molecular weight excluding hydrogens is 405 g/mol. The molecule has 3 aromatic rings. The van der Waals surface area contributed by atoms with E-state index in [9.17, 15) is 21.6 Å². The monoisotopic (exact) mass is 424 g/mol. The zero-order chi connectivity index (χ0) is 20.6. The van der Waals surface area contributed by atoms with Gasteiger partial charge >= 0.3 is 6.18 Å². The Balaban J connectivity index is 1.40. The highest BCUT2D eigenvalue weighted by Crippen LogP contribution is 2.30. The molecule has 1 fully saturated rings. The number of para-hydroxylation sites is 2. The van der Waals surface area contributed by atoms with Gasteiger partial charge in [0.05, 0.1) is 28.0 Å². The van der Waals surface area contributed by atoms with Gasteiger partial charge in [0.25, 0.3) is 0 Å². The van der Waals surface area contributed by atoms with Crippen LogP contribution < -0.4 is 0 Å². The molecule has 0 unspecified atom stereocenters. The van der Waals surface area contributed by atoms with Gasteiger partial charge in [0.1, 0.15) is 5.82 Å². The van der Waals surface area contributed by atoms with Crippen LogP contribution in [0, 0.1) is 0 Å². The molecule has 0 bridgehead atoms. The number of H-pyrrole nitrogens is 1. The van der Waals surface area contributed by atoms with E-state index in [1.54, 1.807) is 0 Å². The van der Waals surface area contributed by atoms with Crippen molar-refractivity contribution >= 4 is 21.1 Å². The maximum atomic E-state index is 12.7. The molecule has 0 radical (unpaired) electrons. The van der Waals surface area contributed by atoms with E-state index < -0.39 is 21.8 Å². The number of halogens is 3. The van der Waals surface area contributed by atoms with Gasteiger partial charge < -0.3 is 4.98 Å². The van der Waals surface area contributed by atoms with Gasteiger partial charge in [0.15, 0.2) is 0 Å². The standard InChI is InChI=1S/C19H19F3N4O2S/c20-19(21,22)14-5-7-15(8-6-14)29(27,28)26-11-9-25(10-12-26)13-18-23-16-3-1-2-4-17(16)24-18/h1-8H,9-13H2,(H,23,24).